The van der Waals surface area contributed by atoms with Crippen LogP contribution in [0.15, 0.2) is 70.2 Å². The van der Waals surface area contributed by atoms with E-state index < -0.39 is 4.92 Å². The molecule has 0 radical (unpaired) electrons. The third-order valence-corrected chi connectivity index (χ3v) is 3.86. The first-order valence-corrected chi connectivity index (χ1v) is 8.38. The van der Waals surface area contributed by atoms with Crippen molar-refractivity contribution in [2.45, 2.75) is 13.5 Å². The monoisotopic (exact) mass is 379 g/mol. The van der Waals surface area contributed by atoms with Crippen LogP contribution in [0.3, 0.4) is 0 Å². The maximum absolute atomic E-state index is 12.1. The summed E-state index contributed by atoms with van der Waals surface area (Å²) in [7, 11) is 0. The molecular formula is C20H17N3O5. The van der Waals surface area contributed by atoms with Crippen molar-refractivity contribution >= 4 is 17.8 Å². The van der Waals surface area contributed by atoms with Gasteiger partial charge in [0.05, 0.1) is 11.1 Å². The average Bonchev–Trinajstić information content (AvgIpc) is 3.14. The van der Waals surface area contributed by atoms with Gasteiger partial charge in [0.2, 0.25) is 0 Å². The van der Waals surface area contributed by atoms with Crippen molar-refractivity contribution in [3.63, 3.8) is 0 Å². The Morgan fingerprint density at radius 1 is 1.18 bits per heavy atom. The van der Waals surface area contributed by atoms with E-state index in [4.69, 9.17) is 9.15 Å². The molecule has 1 aromatic heterocycles. The number of carbonyl (C=O) groups is 1. The highest BCUT2D eigenvalue weighted by atomic mass is 16.6. The Bertz CT molecular complexity index is 1030. The molecule has 3 aromatic rings. The summed E-state index contributed by atoms with van der Waals surface area (Å²) in [6.45, 7) is 1.86. The minimum Gasteiger partial charge on any atom is -0.479 e. The Morgan fingerprint density at radius 2 is 1.93 bits per heavy atom. The van der Waals surface area contributed by atoms with Gasteiger partial charge < -0.3 is 9.15 Å². The molecule has 0 aliphatic heterocycles. The number of benzene rings is 2. The van der Waals surface area contributed by atoms with Crippen molar-refractivity contribution in [2.75, 3.05) is 0 Å². The van der Waals surface area contributed by atoms with E-state index in [9.17, 15) is 14.9 Å². The van der Waals surface area contributed by atoms with Crippen LogP contribution in [0, 0.1) is 17.0 Å². The van der Waals surface area contributed by atoms with Crippen molar-refractivity contribution in [1.82, 2.24) is 5.43 Å². The lowest BCUT2D eigenvalue weighted by Gasteiger charge is -2.04. The molecule has 0 fully saturated rings. The van der Waals surface area contributed by atoms with Crippen LogP contribution in [0.25, 0.3) is 0 Å². The first-order valence-electron chi connectivity index (χ1n) is 8.38. The van der Waals surface area contributed by atoms with Gasteiger partial charge in [-0.3, -0.25) is 14.9 Å². The van der Waals surface area contributed by atoms with Crippen molar-refractivity contribution in [3.05, 3.63) is 93.4 Å². The molecule has 0 saturated heterocycles. The average molecular weight is 379 g/mol. The van der Waals surface area contributed by atoms with E-state index in [1.165, 1.54) is 18.3 Å². The molecule has 0 spiro atoms. The number of carbonyl (C=O) groups excluding carboxylic acids is 1. The molecule has 1 amide bonds. The predicted octanol–water partition coefficient (Wildman–Crippen LogP) is 3.84. The van der Waals surface area contributed by atoms with Crippen molar-refractivity contribution in [2.24, 2.45) is 5.10 Å². The lowest BCUT2D eigenvalue weighted by Crippen LogP contribution is -2.18. The highest BCUT2D eigenvalue weighted by molar-refractivity contribution is 5.96. The van der Waals surface area contributed by atoms with Crippen molar-refractivity contribution < 1.29 is 18.9 Å². The van der Waals surface area contributed by atoms with Gasteiger partial charge in [-0.1, -0.05) is 30.3 Å². The topological polar surface area (TPSA) is 107 Å². The summed E-state index contributed by atoms with van der Waals surface area (Å²) in [6.07, 6.45) is 1.37. The van der Waals surface area contributed by atoms with Gasteiger partial charge in [-0.15, -0.1) is 0 Å². The molecule has 2 aromatic carbocycles. The molecule has 0 atom stereocenters. The minimum atomic E-state index is -0.507. The molecule has 0 saturated carbocycles. The molecule has 8 nitrogen and oxygen atoms in total. The number of furan rings is 1. The highest BCUT2D eigenvalue weighted by Gasteiger charge is 2.14. The zero-order valence-electron chi connectivity index (χ0n) is 15.0. The fourth-order valence-corrected chi connectivity index (χ4v) is 2.46. The van der Waals surface area contributed by atoms with Gasteiger partial charge in [0.25, 0.3) is 5.91 Å². The van der Waals surface area contributed by atoms with E-state index in [0.717, 1.165) is 5.56 Å². The van der Waals surface area contributed by atoms with Crippen molar-refractivity contribution in [3.8, 4) is 5.75 Å². The molecule has 0 aliphatic carbocycles. The molecular weight excluding hydrogens is 362 g/mol. The number of amides is 1. The maximum atomic E-state index is 12.1. The van der Waals surface area contributed by atoms with E-state index in [-0.39, 0.29) is 24.0 Å². The molecule has 0 unspecified atom stereocenters. The fourth-order valence-electron chi connectivity index (χ4n) is 2.46. The second-order valence-corrected chi connectivity index (χ2v) is 5.83. The standard InChI is InChI=1S/C20H17N3O5/c1-14-6-2-3-7-17(14)20(24)22-21-12-15-10-11-16(28-15)13-27-19-9-5-4-8-18(19)23(25)26/h2-12H,13H2,1H3,(H,22,24)/b21-12-. The number of rotatable bonds is 7. The number of nitrogens with one attached hydrogen (secondary N) is 1. The third-order valence-electron chi connectivity index (χ3n) is 3.86. The Morgan fingerprint density at radius 3 is 2.71 bits per heavy atom. The number of hydrogen-bond acceptors (Lipinski definition) is 6. The third kappa shape index (κ3) is 4.61. The minimum absolute atomic E-state index is 0.0221. The SMILES string of the molecule is Cc1ccccc1C(=O)N/N=C\c1ccc(COc2ccccc2[N+](=O)[O-])o1. The molecule has 3 rings (SSSR count). The summed E-state index contributed by atoms with van der Waals surface area (Å²) in [4.78, 5) is 22.6. The first-order chi connectivity index (χ1) is 13.5. The molecule has 0 bridgehead atoms. The Labute approximate surface area is 160 Å². The quantitative estimate of drug-likeness (QED) is 0.381. The number of nitro groups is 1. The number of aryl methyl sites for hydroxylation is 1. The smallest absolute Gasteiger partial charge is 0.310 e. The number of para-hydroxylation sites is 2. The summed E-state index contributed by atoms with van der Waals surface area (Å²) in [5.41, 5.74) is 3.71. The van der Waals surface area contributed by atoms with E-state index in [2.05, 4.69) is 10.5 Å². The number of hydrogen-bond donors (Lipinski definition) is 1. The van der Waals surface area contributed by atoms with Crippen LogP contribution in [0.1, 0.15) is 27.4 Å². The number of hydrazone groups is 1. The van der Waals surface area contributed by atoms with Crippen LogP contribution in [-0.4, -0.2) is 17.0 Å². The second kappa shape index (κ2) is 8.63. The van der Waals surface area contributed by atoms with Gasteiger partial charge >= 0.3 is 5.69 Å². The molecule has 0 aliphatic rings. The molecule has 142 valence electrons. The van der Waals surface area contributed by atoms with Gasteiger partial charge in [0.15, 0.2) is 5.75 Å². The summed E-state index contributed by atoms with van der Waals surface area (Å²) in [6, 6.07) is 16.6. The Kier molecular flexibility index (Phi) is 5.81. The van der Waals surface area contributed by atoms with E-state index in [0.29, 0.717) is 17.1 Å². The largest absolute Gasteiger partial charge is 0.479 e. The molecule has 8 heteroatoms. The normalized spacial score (nSPS) is 10.8. The van der Waals surface area contributed by atoms with Crippen LogP contribution in [-0.2, 0) is 6.61 Å². The van der Waals surface area contributed by atoms with Crippen LogP contribution >= 0.6 is 0 Å². The zero-order valence-corrected chi connectivity index (χ0v) is 15.0. The van der Waals surface area contributed by atoms with E-state index in [1.807, 2.05) is 19.1 Å². The molecule has 28 heavy (non-hydrogen) atoms. The molecule has 1 N–H and O–H groups in total. The fraction of sp³-hybridized carbons (Fsp3) is 0.100. The Hall–Kier alpha value is -3.94. The van der Waals surface area contributed by atoms with Crippen LogP contribution in [0.4, 0.5) is 5.69 Å². The van der Waals surface area contributed by atoms with Gasteiger partial charge in [-0.2, -0.15) is 5.10 Å². The Balaban J connectivity index is 1.57. The van der Waals surface area contributed by atoms with Gasteiger partial charge in [0, 0.05) is 11.6 Å². The van der Waals surface area contributed by atoms with Crippen LogP contribution in [0.5, 0.6) is 5.75 Å². The number of ether oxygens (including phenoxy) is 1. The summed E-state index contributed by atoms with van der Waals surface area (Å²) in [5, 5.41) is 14.9. The summed E-state index contributed by atoms with van der Waals surface area (Å²) in [5.74, 6) is 0.710. The summed E-state index contributed by atoms with van der Waals surface area (Å²) >= 11 is 0. The predicted molar refractivity (Wildman–Crippen MR) is 102 cm³/mol. The van der Waals surface area contributed by atoms with Gasteiger partial charge in [0.1, 0.15) is 18.1 Å². The first kappa shape index (κ1) is 18.8. The van der Waals surface area contributed by atoms with Crippen LogP contribution < -0.4 is 10.2 Å². The van der Waals surface area contributed by atoms with Crippen molar-refractivity contribution in [1.29, 1.82) is 0 Å². The van der Waals surface area contributed by atoms with Gasteiger partial charge in [-0.05, 0) is 36.8 Å². The summed E-state index contributed by atoms with van der Waals surface area (Å²) < 4.78 is 11.0. The number of nitro benzene ring substituents is 1. The van der Waals surface area contributed by atoms with Crippen LogP contribution in [0.2, 0.25) is 0 Å². The molecule has 1 heterocycles. The lowest BCUT2D eigenvalue weighted by molar-refractivity contribution is -0.386. The maximum Gasteiger partial charge on any atom is 0.310 e. The van der Waals surface area contributed by atoms with Gasteiger partial charge in [-0.25, -0.2) is 5.43 Å². The second-order valence-electron chi connectivity index (χ2n) is 5.83. The number of nitrogens with zero attached hydrogens (tertiary/aromatic N) is 2. The lowest BCUT2D eigenvalue weighted by atomic mass is 10.1. The van der Waals surface area contributed by atoms with E-state index >= 15 is 0 Å². The zero-order chi connectivity index (χ0) is 19.9. The highest BCUT2D eigenvalue weighted by Crippen LogP contribution is 2.26. The van der Waals surface area contributed by atoms with E-state index in [1.54, 1.807) is 36.4 Å².